The number of benzene rings is 1. The lowest BCUT2D eigenvalue weighted by atomic mass is 10.1. The lowest BCUT2D eigenvalue weighted by Crippen LogP contribution is -2.50. The van der Waals surface area contributed by atoms with Crippen molar-refractivity contribution in [3.05, 3.63) is 42.6 Å². The molecule has 5 heteroatoms. The van der Waals surface area contributed by atoms with Gasteiger partial charge < -0.3 is 9.80 Å². The summed E-state index contributed by atoms with van der Waals surface area (Å²) in [7, 11) is 0. The molecule has 0 bridgehead atoms. The summed E-state index contributed by atoms with van der Waals surface area (Å²) in [5.74, 6) is 2.05. The minimum absolute atomic E-state index is 0.111. The Morgan fingerprint density at radius 2 is 1.83 bits per heavy atom. The van der Waals surface area contributed by atoms with Crippen molar-refractivity contribution in [3.8, 4) is 11.4 Å². The molecule has 1 aliphatic heterocycles. The van der Waals surface area contributed by atoms with Crippen LogP contribution < -0.4 is 4.90 Å². The van der Waals surface area contributed by atoms with E-state index in [9.17, 15) is 4.79 Å². The Labute approximate surface area is 143 Å². The maximum Gasteiger partial charge on any atom is 0.225 e. The third-order valence-corrected chi connectivity index (χ3v) is 4.62. The molecule has 0 saturated carbocycles. The van der Waals surface area contributed by atoms with Crippen molar-refractivity contribution in [1.29, 1.82) is 0 Å². The van der Waals surface area contributed by atoms with Gasteiger partial charge in [0.15, 0.2) is 5.82 Å². The van der Waals surface area contributed by atoms with Crippen LogP contribution in [-0.4, -0.2) is 47.0 Å². The first-order valence-electron chi connectivity index (χ1n) is 8.61. The minimum atomic E-state index is 0.111. The normalized spacial score (nSPS) is 16.1. The van der Waals surface area contributed by atoms with Gasteiger partial charge in [-0.25, -0.2) is 9.97 Å². The third kappa shape index (κ3) is 3.55. The number of carbonyl (C=O) groups excluding carboxylic acids is 1. The van der Waals surface area contributed by atoms with E-state index < -0.39 is 0 Å². The van der Waals surface area contributed by atoms with Crippen LogP contribution in [0, 0.1) is 5.92 Å². The zero-order valence-electron chi connectivity index (χ0n) is 14.4. The van der Waals surface area contributed by atoms with Crippen molar-refractivity contribution in [2.24, 2.45) is 5.92 Å². The first-order valence-corrected chi connectivity index (χ1v) is 8.61. The van der Waals surface area contributed by atoms with Crippen LogP contribution >= 0.6 is 0 Å². The van der Waals surface area contributed by atoms with Crippen molar-refractivity contribution < 1.29 is 4.79 Å². The second kappa shape index (κ2) is 7.43. The van der Waals surface area contributed by atoms with Crippen molar-refractivity contribution >= 4 is 11.7 Å². The smallest absolute Gasteiger partial charge is 0.225 e. The second-order valence-electron chi connectivity index (χ2n) is 6.23. The van der Waals surface area contributed by atoms with E-state index in [1.165, 1.54) is 0 Å². The summed E-state index contributed by atoms with van der Waals surface area (Å²) in [4.78, 5) is 25.6. The molecule has 0 aliphatic carbocycles. The quantitative estimate of drug-likeness (QED) is 0.868. The van der Waals surface area contributed by atoms with Crippen molar-refractivity contribution in [2.75, 3.05) is 31.1 Å². The van der Waals surface area contributed by atoms with Crippen LogP contribution in [-0.2, 0) is 4.79 Å². The number of carbonyl (C=O) groups is 1. The molecule has 1 aliphatic rings. The molecule has 0 N–H and O–H groups in total. The average molecular weight is 324 g/mol. The molecule has 126 valence electrons. The molecule has 3 rings (SSSR count). The molecule has 0 unspecified atom stereocenters. The predicted octanol–water partition coefficient (Wildman–Crippen LogP) is 2.84. The van der Waals surface area contributed by atoms with Gasteiger partial charge in [-0.1, -0.05) is 44.2 Å². The molecule has 1 atom stereocenters. The highest BCUT2D eigenvalue weighted by molar-refractivity contribution is 5.78. The Morgan fingerprint density at radius 3 is 2.50 bits per heavy atom. The second-order valence-corrected chi connectivity index (χ2v) is 6.23. The molecular weight excluding hydrogens is 300 g/mol. The molecule has 0 spiro atoms. The monoisotopic (exact) mass is 324 g/mol. The topological polar surface area (TPSA) is 49.3 Å². The largest absolute Gasteiger partial charge is 0.353 e. The van der Waals surface area contributed by atoms with Gasteiger partial charge in [-0.05, 0) is 12.5 Å². The molecule has 1 amide bonds. The SMILES string of the molecule is CC[C@H](C)C(=O)N1CCN(c2ccnc(-c3ccccc3)n2)CC1. The zero-order valence-corrected chi connectivity index (χ0v) is 14.4. The summed E-state index contributed by atoms with van der Waals surface area (Å²) in [6.45, 7) is 7.21. The van der Waals surface area contributed by atoms with Gasteiger partial charge in [-0.15, -0.1) is 0 Å². The van der Waals surface area contributed by atoms with Gasteiger partial charge in [0.05, 0.1) is 0 Å². The fourth-order valence-corrected chi connectivity index (χ4v) is 2.89. The van der Waals surface area contributed by atoms with E-state index in [4.69, 9.17) is 4.98 Å². The zero-order chi connectivity index (χ0) is 16.9. The minimum Gasteiger partial charge on any atom is -0.353 e. The van der Waals surface area contributed by atoms with Crippen LogP contribution in [0.1, 0.15) is 20.3 Å². The first kappa shape index (κ1) is 16.4. The van der Waals surface area contributed by atoms with Crippen LogP contribution in [0.25, 0.3) is 11.4 Å². The van der Waals surface area contributed by atoms with Gasteiger partial charge in [-0.3, -0.25) is 4.79 Å². The number of hydrogen-bond acceptors (Lipinski definition) is 4. The molecule has 1 saturated heterocycles. The number of anilines is 1. The number of aromatic nitrogens is 2. The van der Waals surface area contributed by atoms with Gasteiger partial charge >= 0.3 is 0 Å². The molecule has 1 aromatic heterocycles. The molecule has 2 aromatic rings. The van der Waals surface area contributed by atoms with E-state index >= 15 is 0 Å². The van der Waals surface area contributed by atoms with Crippen LogP contribution in [0.2, 0.25) is 0 Å². The lowest BCUT2D eigenvalue weighted by molar-refractivity contribution is -0.135. The lowest BCUT2D eigenvalue weighted by Gasteiger charge is -2.36. The highest BCUT2D eigenvalue weighted by atomic mass is 16.2. The third-order valence-electron chi connectivity index (χ3n) is 4.62. The Hall–Kier alpha value is -2.43. The molecule has 1 aromatic carbocycles. The summed E-state index contributed by atoms with van der Waals surface area (Å²) in [6, 6.07) is 11.9. The van der Waals surface area contributed by atoms with Crippen LogP contribution in [0.4, 0.5) is 5.82 Å². The van der Waals surface area contributed by atoms with Gasteiger partial charge in [0, 0.05) is 43.9 Å². The summed E-state index contributed by atoms with van der Waals surface area (Å²) in [5.41, 5.74) is 1.02. The van der Waals surface area contributed by atoms with Gasteiger partial charge in [0.25, 0.3) is 0 Å². The van der Waals surface area contributed by atoms with E-state index in [0.717, 1.165) is 49.8 Å². The number of hydrogen-bond donors (Lipinski definition) is 0. The highest BCUT2D eigenvalue weighted by Gasteiger charge is 2.24. The van der Waals surface area contributed by atoms with Crippen molar-refractivity contribution in [2.45, 2.75) is 20.3 Å². The summed E-state index contributed by atoms with van der Waals surface area (Å²) >= 11 is 0. The van der Waals surface area contributed by atoms with E-state index in [1.807, 2.05) is 48.2 Å². The van der Waals surface area contributed by atoms with Crippen LogP contribution in [0.15, 0.2) is 42.6 Å². The predicted molar refractivity (Wildman–Crippen MR) is 95.7 cm³/mol. The maximum atomic E-state index is 12.3. The average Bonchev–Trinajstić information content (AvgIpc) is 2.67. The highest BCUT2D eigenvalue weighted by Crippen LogP contribution is 2.19. The standard InChI is InChI=1S/C19H24N4O/c1-3-15(2)19(24)23-13-11-22(12-14-23)17-9-10-20-18(21-17)16-7-5-4-6-8-16/h4-10,15H,3,11-14H2,1-2H3/t15-/m0/s1. The molecule has 24 heavy (non-hydrogen) atoms. The van der Waals surface area contributed by atoms with E-state index in [0.29, 0.717) is 0 Å². The fourth-order valence-electron chi connectivity index (χ4n) is 2.89. The fraction of sp³-hybridized carbons (Fsp3) is 0.421. The number of nitrogens with zero attached hydrogens (tertiary/aromatic N) is 4. The Bertz CT molecular complexity index is 681. The Kier molecular flexibility index (Phi) is 5.08. The Morgan fingerprint density at radius 1 is 1.12 bits per heavy atom. The summed E-state index contributed by atoms with van der Waals surface area (Å²) < 4.78 is 0. The van der Waals surface area contributed by atoms with Crippen LogP contribution in [0.3, 0.4) is 0 Å². The van der Waals surface area contributed by atoms with Crippen molar-refractivity contribution in [3.63, 3.8) is 0 Å². The number of rotatable bonds is 4. The summed E-state index contributed by atoms with van der Waals surface area (Å²) in [6.07, 6.45) is 2.70. The van der Waals surface area contributed by atoms with E-state index in [-0.39, 0.29) is 11.8 Å². The van der Waals surface area contributed by atoms with Crippen molar-refractivity contribution in [1.82, 2.24) is 14.9 Å². The van der Waals surface area contributed by atoms with E-state index in [1.54, 1.807) is 6.20 Å². The number of piperazine rings is 1. The molecule has 2 heterocycles. The number of amides is 1. The Balaban J connectivity index is 1.68. The van der Waals surface area contributed by atoms with Crippen LogP contribution in [0.5, 0.6) is 0 Å². The molecule has 5 nitrogen and oxygen atoms in total. The van der Waals surface area contributed by atoms with Gasteiger partial charge in [-0.2, -0.15) is 0 Å². The molecule has 1 fully saturated rings. The van der Waals surface area contributed by atoms with Gasteiger partial charge in [0.1, 0.15) is 5.82 Å². The van der Waals surface area contributed by atoms with E-state index in [2.05, 4.69) is 16.8 Å². The van der Waals surface area contributed by atoms with Gasteiger partial charge in [0.2, 0.25) is 5.91 Å². The molecular formula is C19H24N4O. The molecule has 0 radical (unpaired) electrons. The maximum absolute atomic E-state index is 12.3. The first-order chi connectivity index (χ1) is 11.7. The summed E-state index contributed by atoms with van der Waals surface area (Å²) in [5, 5.41) is 0.